The summed E-state index contributed by atoms with van der Waals surface area (Å²) in [5.41, 5.74) is 0. The molecule has 0 atom stereocenters. The summed E-state index contributed by atoms with van der Waals surface area (Å²) >= 11 is 0. The number of hydrogen-bond donors (Lipinski definition) is 2. The number of piperidine rings is 1. The van der Waals surface area contributed by atoms with Gasteiger partial charge >= 0.3 is 6.18 Å². The summed E-state index contributed by atoms with van der Waals surface area (Å²) < 4.78 is 38.9. The molecule has 1 aromatic rings. The highest BCUT2D eigenvalue weighted by Gasteiger charge is 2.32. The highest BCUT2D eigenvalue weighted by atomic mass is 19.4. The first kappa shape index (κ1) is 20.5. The van der Waals surface area contributed by atoms with Crippen molar-refractivity contribution >= 4 is 5.96 Å². The molecular formula is C16H28F3N7. The molecule has 1 aromatic heterocycles. The standard InChI is InChI=1S/C16H28F3N7/c1-3-20-15(22-10-14-23-12-24-25(14)2)21-7-4-13-5-8-26(9-6-13)11-16(17,18)19/h12-13H,3-11H2,1-2H3,(H2,20,21,22). The van der Waals surface area contributed by atoms with E-state index in [9.17, 15) is 13.2 Å². The van der Waals surface area contributed by atoms with E-state index in [4.69, 9.17) is 0 Å². The maximum Gasteiger partial charge on any atom is 0.401 e. The molecule has 0 aliphatic carbocycles. The van der Waals surface area contributed by atoms with Crippen molar-refractivity contribution in [2.24, 2.45) is 18.0 Å². The summed E-state index contributed by atoms with van der Waals surface area (Å²) in [6, 6.07) is 0. The lowest BCUT2D eigenvalue weighted by Crippen LogP contribution is -2.41. The van der Waals surface area contributed by atoms with Crippen molar-refractivity contribution in [2.45, 2.75) is 38.9 Å². The third kappa shape index (κ3) is 7.19. The van der Waals surface area contributed by atoms with Gasteiger partial charge in [-0.3, -0.25) is 9.58 Å². The lowest BCUT2D eigenvalue weighted by molar-refractivity contribution is -0.148. The van der Waals surface area contributed by atoms with E-state index in [-0.39, 0.29) is 0 Å². The van der Waals surface area contributed by atoms with Gasteiger partial charge in [0, 0.05) is 20.1 Å². The number of aliphatic imine (C=N–C) groups is 1. The predicted octanol–water partition coefficient (Wildman–Crippen LogP) is 1.53. The van der Waals surface area contributed by atoms with E-state index >= 15 is 0 Å². The maximum atomic E-state index is 12.4. The van der Waals surface area contributed by atoms with Crippen LogP contribution in [0.3, 0.4) is 0 Å². The molecule has 0 radical (unpaired) electrons. The van der Waals surface area contributed by atoms with E-state index in [1.54, 1.807) is 4.68 Å². The second-order valence-electron chi connectivity index (χ2n) is 6.55. The summed E-state index contributed by atoms with van der Waals surface area (Å²) in [5.74, 6) is 1.94. The fourth-order valence-corrected chi connectivity index (χ4v) is 3.04. The van der Waals surface area contributed by atoms with Gasteiger partial charge in [0.05, 0.1) is 6.54 Å². The molecule has 2 heterocycles. The molecule has 1 aliphatic heterocycles. The molecule has 0 saturated carbocycles. The molecule has 0 unspecified atom stereocenters. The third-order valence-corrected chi connectivity index (χ3v) is 4.48. The molecule has 1 saturated heterocycles. The molecule has 0 spiro atoms. The van der Waals surface area contributed by atoms with Gasteiger partial charge in [-0.1, -0.05) is 0 Å². The minimum absolute atomic E-state index is 0.432. The topological polar surface area (TPSA) is 70.4 Å². The van der Waals surface area contributed by atoms with Crippen LogP contribution in [0, 0.1) is 5.92 Å². The first-order chi connectivity index (χ1) is 12.4. The molecule has 2 rings (SSSR count). The Morgan fingerprint density at radius 1 is 1.31 bits per heavy atom. The zero-order chi connectivity index (χ0) is 19.0. The maximum absolute atomic E-state index is 12.4. The van der Waals surface area contributed by atoms with Gasteiger partial charge in [0.15, 0.2) is 5.96 Å². The van der Waals surface area contributed by atoms with Crippen LogP contribution in [-0.4, -0.2) is 64.5 Å². The Balaban J connectivity index is 1.70. The highest BCUT2D eigenvalue weighted by molar-refractivity contribution is 5.79. The van der Waals surface area contributed by atoms with Crippen LogP contribution in [0.4, 0.5) is 13.2 Å². The smallest absolute Gasteiger partial charge is 0.357 e. The van der Waals surface area contributed by atoms with E-state index in [0.29, 0.717) is 31.5 Å². The number of halogens is 3. The van der Waals surface area contributed by atoms with Gasteiger partial charge in [0.2, 0.25) is 0 Å². The number of alkyl halides is 3. The number of guanidine groups is 1. The molecule has 0 amide bonds. The monoisotopic (exact) mass is 375 g/mol. The Labute approximate surface area is 152 Å². The summed E-state index contributed by atoms with van der Waals surface area (Å²) in [6.07, 6.45) is -0.0619. The van der Waals surface area contributed by atoms with Gasteiger partial charge in [0.25, 0.3) is 0 Å². The van der Waals surface area contributed by atoms with Crippen molar-refractivity contribution < 1.29 is 13.2 Å². The Bertz CT molecular complexity index is 562. The Morgan fingerprint density at radius 3 is 2.62 bits per heavy atom. The Kier molecular flexibility index (Phi) is 7.67. The average molecular weight is 375 g/mol. The first-order valence-corrected chi connectivity index (χ1v) is 9.01. The van der Waals surface area contributed by atoms with Crippen LogP contribution in [0.15, 0.2) is 11.3 Å². The van der Waals surface area contributed by atoms with Crippen LogP contribution in [0.5, 0.6) is 0 Å². The van der Waals surface area contributed by atoms with Crippen LogP contribution < -0.4 is 10.6 Å². The summed E-state index contributed by atoms with van der Waals surface area (Å²) in [5, 5.41) is 10.5. The van der Waals surface area contributed by atoms with Gasteiger partial charge in [-0.2, -0.15) is 18.3 Å². The minimum Gasteiger partial charge on any atom is -0.357 e. The Hall–Kier alpha value is -1.84. The normalized spacial score (nSPS) is 17.5. The quantitative estimate of drug-likeness (QED) is 0.559. The fraction of sp³-hybridized carbons (Fsp3) is 0.812. The summed E-state index contributed by atoms with van der Waals surface area (Å²) in [6.45, 7) is 4.17. The number of nitrogens with zero attached hydrogens (tertiary/aromatic N) is 5. The molecule has 2 N–H and O–H groups in total. The zero-order valence-electron chi connectivity index (χ0n) is 15.4. The molecule has 1 aliphatic rings. The molecule has 10 heteroatoms. The van der Waals surface area contributed by atoms with E-state index in [1.807, 2.05) is 14.0 Å². The SMILES string of the molecule is CCNC(=NCc1ncnn1C)NCCC1CCN(CC(F)(F)F)CC1. The number of aromatic nitrogens is 3. The van der Waals surface area contributed by atoms with Crippen LogP contribution in [0.25, 0.3) is 0 Å². The van der Waals surface area contributed by atoms with Gasteiger partial charge in [-0.05, 0) is 45.2 Å². The number of likely N-dealkylation sites (tertiary alicyclic amines) is 1. The molecular weight excluding hydrogens is 347 g/mol. The van der Waals surface area contributed by atoms with Crippen molar-refractivity contribution in [1.82, 2.24) is 30.3 Å². The van der Waals surface area contributed by atoms with Crippen LogP contribution in [-0.2, 0) is 13.6 Å². The van der Waals surface area contributed by atoms with E-state index in [0.717, 1.165) is 38.2 Å². The Morgan fingerprint density at radius 2 is 2.04 bits per heavy atom. The number of rotatable bonds is 7. The van der Waals surface area contributed by atoms with Crippen molar-refractivity contribution in [3.05, 3.63) is 12.2 Å². The van der Waals surface area contributed by atoms with Crippen molar-refractivity contribution in [2.75, 3.05) is 32.7 Å². The second kappa shape index (κ2) is 9.75. The van der Waals surface area contributed by atoms with Gasteiger partial charge in [-0.25, -0.2) is 9.98 Å². The van der Waals surface area contributed by atoms with Crippen molar-refractivity contribution in [3.63, 3.8) is 0 Å². The summed E-state index contributed by atoms with van der Waals surface area (Å²) in [4.78, 5) is 10.1. The molecule has 0 bridgehead atoms. The number of nitrogens with one attached hydrogen (secondary N) is 2. The second-order valence-corrected chi connectivity index (χ2v) is 6.55. The minimum atomic E-state index is -4.10. The molecule has 0 aromatic carbocycles. The highest BCUT2D eigenvalue weighted by Crippen LogP contribution is 2.23. The van der Waals surface area contributed by atoms with Gasteiger partial charge < -0.3 is 10.6 Å². The molecule has 7 nitrogen and oxygen atoms in total. The number of aryl methyl sites for hydroxylation is 1. The van der Waals surface area contributed by atoms with Crippen LogP contribution >= 0.6 is 0 Å². The molecule has 148 valence electrons. The van der Waals surface area contributed by atoms with E-state index in [2.05, 4.69) is 25.7 Å². The van der Waals surface area contributed by atoms with Crippen molar-refractivity contribution in [3.8, 4) is 0 Å². The zero-order valence-corrected chi connectivity index (χ0v) is 15.4. The van der Waals surface area contributed by atoms with Crippen LogP contribution in [0.1, 0.15) is 32.0 Å². The lowest BCUT2D eigenvalue weighted by Gasteiger charge is -2.32. The van der Waals surface area contributed by atoms with E-state index in [1.165, 1.54) is 11.2 Å². The number of hydrogen-bond acceptors (Lipinski definition) is 4. The van der Waals surface area contributed by atoms with E-state index < -0.39 is 12.7 Å². The first-order valence-electron chi connectivity index (χ1n) is 9.01. The van der Waals surface area contributed by atoms with Crippen LogP contribution in [0.2, 0.25) is 0 Å². The third-order valence-electron chi connectivity index (χ3n) is 4.48. The average Bonchev–Trinajstić information content (AvgIpc) is 2.98. The van der Waals surface area contributed by atoms with Crippen molar-refractivity contribution in [1.29, 1.82) is 0 Å². The molecule has 26 heavy (non-hydrogen) atoms. The lowest BCUT2D eigenvalue weighted by atomic mass is 9.93. The largest absolute Gasteiger partial charge is 0.401 e. The van der Waals surface area contributed by atoms with Gasteiger partial charge in [0.1, 0.15) is 18.7 Å². The molecule has 1 fully saturated rings. The predicted molar refractivity (Wildman–Crippen MR) is 93.7 cm³/mol. The summed E-state index contributed by atoms with van der Waals surface area (Å²) in [7, 11) is 1.82. The van der Waals surface area contributed by atoms with Gasteiger partial charge in [-0.15, -0.1) is 0 Å². The fourth-order valence-electron chi connectivity index (χ4n) is 3.04.